The van der Waals surface area contributed by atoms with E-state index in [0.717, 1.165) is 0 Å². The standard InChI is InChI=1S/C14H16N4O3/c1-18(2)5-3-4-13(20)17-11-6-9-10(7-12(11)19)15-8-16-14(9)21/h3-4,6-8,19H,5H2,1-2H3,(H,17,20)(H,15,16,21)/b4-3+. The van der Waals surface area contributed by atoms with Crippen LogP contribution in [0.15, 0.2) is 35.4 Å². The predicted octanol–water partition coefficient (Wildman–Crippen LogP) is 0.685. The summed E-state index contributed by atoms with van der Waals surface area (Å²) in [5.41, 5.74) is 0.191. The number of hydrogen-bond acceptors (Lipinski definition) is 5. The summed E-state index contributed by atoms with van der Waals surface area (Å²) in [6.07, 6.45) is 4.32. The molecule has 0 aliphatic carbocycles. The van der Waals surface area contributed by atoms with Crippen LogP contribution in [0, 0.1) is 0 Å². The number of phenolic OH excluding ortho intramolecular Hbond substituents is 1. The van der Waals surface area contributed by atoms with Crippen molar-refractivity contribution in [2.45, 2.75) is 0 Å². The zero-order valence-corrected chi connectivity index (χ0v) is 11.8. The SMILES string of the molecule is CN(C)C/C=C/C(=O)Nc1cc2c(=O)[nH]cnc2cc1O. The Morgan fingerprint density at radius 1 is 1.48 bits per heavy atom. The number of aromatic amines is 1. The fourth-order valence-electron chi connectivity index (χ4n) is 1.75. The highest BCUT2D eigenvalue weighted by Gasteiger charge is 2.08. The molecule has 2 aromatic rings. The van der Waals surface area contributed by atoms with Gasteiger partial charge in [0.15, 0.2) is 0 Å². The molecular formula is C14H16N4O3. The molecule has 1 aromatic carbocycles. The summed E-state index contributed by atoms with van der Waals surface area (Å²) in [7, 11) is 3.77. The van der Waals surface area contributed by atoms with E-state index in [-0.39, 0.29) is 22.9 Å². The smallest absolute Gasteiger partial charge is 0.258 e. The van der Waals surface area contributed by atoms with Gasteiger partial charge in [0.2, 0.25) is 5.91 Å². The first-order valence-electron chi connectivity index (χ1n) is 6.30. The molecule has 0 fully saturated rings. The number of amides is 1. The average Bonchev–Trinajstić information content (AvgIpc) is 2.40. The van der Waals surface area contributed by atoms with Crippen LogP contribution >= 0.6 is 0 Å². The Kier molecular flexibility index (Phi) is 4.34. The van der Waals surface area contributed by atoms with Gasteiger partial charge in [0.05, 0.1) is 22.9 Å². The molecule has 7 heteroatoms. The normalized spacial score (nSPS) is 11.4. The number of aromatic hydroxyl groups is 1. The van der Waals surface area contributed by atoms with E-state index in [9.17, 15) is 14.7 Å². The van der Waals surface area contributed by atoms with Crippen molar-refractivity contribution in [3.8, 4) is 5.75 Å². The second kappa shape index (κ2) is 6.19. The minimum Gasteiger partial charge on any atom is -0.506 e. The topological polar surface area (TPSA) is 98.3 Å². The molecule has 7 nitrogen and oxygen atoms in total. The summed E-state index contributed by atoms with van der Waals surface area (Å²) in [6, 6.07) is 2.73. The molecule has 1 aromatic heterocycles. The Morgan fingerprint density at radius 2 is 2.24 bits per heavy atom. The maximum Gasteiger partial charge on any atom is 0.258 e. The number of nitrogens with zero attached hydrogens (tertiary/aromatic N) is 2. The third kappa shape index (κ3) is 3.67. The second-order valence-corrected chi connectivity index (χ2v) is 4.77. The number of carbonyl (C=O) groups is 1. The zero-order chi connectivity index (χ0) is 15.4. The Bertz CT molecular complexity index is 749. The molecule has 3 N–H and O–H groups in total. The van der Waals surface area contributed by atoms with Crippen molar-refractivity contribution < 1.29 is 9.90 Å². The molecule has 0 saturated carbocycles. The molecule has 1 heterocycles. The summed E-state index contributed by atoms with van der Waals surface area (Å²) in [4.78, 5) is 31.7. The van der Waals surface area contributed by atoms with Gasteiger partial charge in [0, 0.05) is 18.7 Å². The van der Waals surface area contributed by atoms with Crippen molar-refractivity contribution in [2.75, 3.05) is 26.0 Å². The molecule has 0 atom stereocenters. The van der Waals surface area contributed by atoms with Gasteiger partial charge in [-0.1, -0.05) is 6.08 Å². The fourth-order valence-corrected chi connectivity index (χ4v) is 1.75. The molecule has 0 radical (unpaired) electrons. The highest BCUT2D eigenvalue weighted by molar-refractivity contribution is 6.01. The van der Waals surface area contributed by atoms with Crippen molar-refractivity contribution in [2.24, 2.45) is 0 Å². The highest BCUT2D eigenvalue weighted by atomic mass is 16.3. The molecular weight excluding hydrogens is 272 g/mol. The molecule has 0 saturated heterocycles. The predicted molar refractivity (Wildman–Crippen MR) is 80.4 cm³/mol. The molecule has 0 unspecified atom stereocenters. The van der Waals surface area contributed by atoms with E-state index in [2.05, 4.69) is 15.3 Å². The Balaban J connectivity index is 2.24. The molecule has 0 aliphatic rings. The third-order valence-corrected chi connectivity index (χ3v) is 2.76. The highest BCUT2D eigenvalue weighted by Crippen LogP contribution is 2.26. The number of nitrogens with one attached hydrogen (secondary N) is 2. The van der Waals surface area contributed by atoms with Gasteiger partial charge in [-0.15, -0.1) is 0 Å². The van der Waals surface area contributed by atoms with Gasteiger partial charge >= 0.3 is 0 Å². The first-order chi connectivity index (χ1) is 9.97. The summed E-state index contributed by atoms with van der Waals surface area (Å²) in [5, 5.41) is 12.7. The van der Waals surface area contributed by atoms with Crippen LogP contribution in [0.3, 0.4) is 0 Å². The minimum atomic E-state index is -0.383. The van der Waals surface area contributed by atoms with Crippen molar-refractivity contribution in [3.63, 3.8) is 0 Å². The summed E-state index contributed by atoms with van der Waals surface area (Å²) >= 11 is 0. The third-order valence-electron chi connectivity index (χ3n) is 2.76. The van der Waals surface area contributed by atoms with Crippen LogP contribution in [-0.4, -0.2) is 46.5 Å². The van der Waals surface area contributed by atoms with Crippen molar-refractivity contribution in [1.29, 1.82) is 0 Å². The van der Waals surface area contributed by atoms with Crippen LogP contribution in [0.25, 0.3) is 10.9 Å². The van der Waals surface area contributed by atoms with Gasteiger partial charge in [-0.3, -0.25) is 9.59 Å². The van der Waals surface area contributed by atoms with Gasteiger partial charge in [-0.25, -0.2) is 4.98 Å². The van der Waals surface area contributed by atoms with Crippen LogP contribution in [-0.2, 0) is 4.79 Å². The lowest BCUT2D eigenvalue weighted by molar-refractivity contribution is -0.111. The lowest BCUT2D eigenvalue weighted by atomic mass is 10.2. The van der Waals surface area contributed by atoms with Crippen LogP contribution in [0.1, 0.15) is 0 Å². The Morgan fingerprint density at radius 3 is 2.95 bits per heavy atom. The maximum atomic E-state index is 11.7. The summed E-state index contributed by atoms with van der Waals surface area (Å²) in [6.45, 7) is 0.626. The van der Waals surface area contributed by atoms with E-state index >= 15 is 0 Å². The number of aromatic nitrogens is 2. The van der Waals surface area contributed by atoms with Crippen LogP contribution < -0.4 is 10.9 Å². The van der Waals surface area contributed by atoms with Crippen molar-refractivity contribution >= 4 is 22.5 Å². The zero-order valence-electron chi connectivity index (χ0n) is 11.8. The van der Waals surface area contributed by atoms with Gasteiger partial charge < -0.3 is 20.3 Å². The van der Waals surface area contributed by atoms with E-state index in [0.29, 0.717) is 17.4 Å². The largest absolute Gasteiger partial charge is 0.506 e. The number of anilines is 1. The van der Waals surface area contributed by atoms with E-state index in [1.807, 2.05) is 19.0 Å². The number of phenols is 1. The Hall–Kier alpha value is -2.67. The average molecular weight is 288 g/mol. The molecule has 2 rings (SSSR count). The lowest BCUT2D eigenvalue weighted by Gasteiger charge is -2.07. The van der Waals surface area contributed by atoms with Gasteiger partial charge in [0.1, 0.15) is 5.75 Å². The maximum absolute atomic E-state index is 11.7. The minimum absolute atomic E-state index is 0.144. The molecule has 0 bridgehead atoms. The summed E-state index contributed by atoms with van der Waals surface area (Å²) < 4.78 is 0. The number of rotatable bonds is 4. The van der Waals surface area contributed by atoms with Gasteiger partial charge in [-0.2, -0.15) is 0 Å². The first-order valence-corrected chi connectivity index (χ1v) is 6.30. The van der Waals surface area contributed by atoms with E-state index in [4.69, 9.17) is 0 Å². The second-order valence-electron chi connectivity index (χ2n) is 4.77. The molecule has 1 amide bonds. The number of fused-ring (bicyclic) bond motifs is 1. The molecule has 0 aliphatic heterocycles. The molecule has 21 heavy (non-hydrogen) atoms. The van der Waals surface area contributed by atoms with Crippen molar-refractivity contribution in [3.05, 3.63) is 41.0 Å². The van der Waals surface area contributed by atoms with E-state index in [1.165, 1.54) is 24.5 Å². The fraction of sp³-hybridized carbons (Fsp3) is 0.214. The number of likely N-dealkylation sites (N-methyl/N-ethyl adjacent to an activating group) is 1. The van der Waals surface area contributed by atoms with E-state index < -0.39 is 0 Å². The van der Waals surface area contributed by atoms with Crippen LogP contribution in [0.2, 0.25) is 0 Å². The number of carbonyl (C=O) groups excluding carboxylic acids is 1. The number of H-pyrrole nitrogens is 1. The van der Waals surface area contributed by atoms with Crippen LogP contribution in [0.5, 0.6) is 5.75 Å². The molecule has 110 valence electrons. The quantitative estimate of drug-likeness (QED) is 0.568. The van der Waals surface area contributed by atoms with Gasteiger partial charge in [0.25, 0.3) is 5.56 Å². The van der Waals surface area contributed by atoms with E-state index in [1.54, 1.807) is 6.08 Å². The number of hydrogen-bond donors (Lipinski definition) is 3. The van der Waals surface area contributed by atoms with Gasteiger partial charge in [-0.05, 0) is 20.2 Å². The monoisotopic (exact) mass is 288 g/mol. The van der Waals surface area contributed by atoms with Crippen molar-refractivity contribution in [1.82, 2.24) is 14.9 Å². The lowest BCUT2D eigenvalue weighted by Crippen LogP contribution is -2.13. The van der Waals surface area contributed by atoms with Crippen LogP contribution in [0.4, 0.5) is 5.69 Å². The number of benzene rings is 1. The first kappa shape index (κ1) is 14.7. The summed E-state index contributed by atoms with van der Waals surface area (Å²) in [5.74, 6) is -0.526. The molecule has 0 spiro atoms. The Labute approximate surface area is 120 Å².